The molecule has 0 aliphatic heterocycles. The zero-order valence-corrected chi connectivity index (χ0v) is 12.2. The highest BCUT2D eigenvalue weighted by atomic mass is 16.7. The summed E-state index contributed by atoms with van der Waals surface area (Å²) in [5.74, 6) is -1.37. The van der Waals surface area contributed by atoms with Crippen LogP contribution < -0.4 is 10.6 Å². The van der Waals surface area contributed by atoms with E-state index in [-0.39, 0.29) is 5.57 Å². The van der Waals surface area contributed by atoms with Crippen LogP contribution in [0.1, 0.15) is 5.56 Å². The molecule has 0 saturated carbocycles. The summed E-state index contributed by atoms with van der Waals surface area (Å²) in [6.45, 7) is 0. The lowest BCUT2D eigenvalue weighted by molar-refractivity contribution is -0.137. The van der Waals surface area contributed by atoms with Gasteiger partial charge in [-0.15, -0.1) is 0 Å². The Hall–Kier alpha value is -3.34. The van der Waals surface area contributed by atoms with E-state index in [1.165, 1.54) is 4.73 Å². The first kappa shape index (κ1) is 14.6. The van der Waals surface area contributed by atoms with Gasteiger partial charge >= 0.3 is 5.97 Å². The molecule has 3 aromatic rings. The Morgan fingerprint density at radius 2 is 1.65 bits per heavy atom. The van der Waals surface area contributed by atoms with E-state index >= 15 is 0 Å². The molecule has 0 bridgehead atoms. The fourth-order valence-corrected chi connectivity index (χ4v) is 2.29. The third-order valence-corrected chi connectivity index (χ3v) is 3.36. The van der Waals surface area contributed by atoms with Crippen molar-refractivity contribution < 1.29 is 14.4 Å². The summed E-state index contributed by atoms with van der Waals surface area (Å²) >= 11 is 0. The number of hydrogen-bond donors (Lipinski definition) is 1. The topological polar surface area (TPSA) is 74.3 Å². The molecule has 2 aromatic carbocycles. The predicted molar refractivity (Wildman–Crippen MR) is 87.1 cm³/mol. The third-order valence-electron chi connectivity index (χ3n) is 3.36. The number of carbonyl (C=O) groups excluding carboxylic acids is 2. The standard InChI is InChI=1S/C18H14N2O3/c19-18(22)15(13-6-2-1-3-7-13)12-17(21)23-20-11-10-14-8-4-5-9-16(14)20/h1-12H,(H2,19,22)/b15-12+. The Bertz CT molecular complexity index is 895. The number of rotatable bonds is 4. The average molecular weight is 306 g/mol. The lowest BCUT2D eigenvalue weighted by atomic mass is 10.1. The molecule has 0 aliphatic rings. The molecule has 23 heavy (non-hydrogen) atoms. The molecule has 114 valence electrons. The molecule has 0 radical (unpaired) electrons. The van der Waals surface area contributed by atoms with Gasteiger partial charge in [-0.25, -0.2) is 4.79 Å². The van der Waals surface area contributed by atoms with E-state index in [1.54, 1.807) is 30.5 Å². The number of nitrogens with two attached hydrogens (primary N) is 1. The van der Waals surface area contributed by atoms with Crippen LogP contribution in [-0.4, -0.2) is 16.6 Å². The summed E-state index contributed by atoms with van der Waals surface area (Å²) in [7, 11) is 0. The van der Waals surface area contributed by atoms with Gasteiger partial charge in [0.05, 0.1) is 11.1 Å². The van der Waals surface area contributed by atoms with Crippen molar-refractivity contribution >= 4 is 28.4 Å². The van der Waals surface area contributed by atoms with Gasteiger partial charge in [0.1, 0.15) is 0 Å². The second-order valence-corrected chi connectivity index (χ2v) is 4.90. The second-order valence-electron chi connectivity index (χ2n) is 4.90. The molecule has 0 aliphatic carbocycles. The van der Waals surface area contributed by atoms with Crippen molar-refractivity contribution in [2.24, 2.45) is 5.73 Å². The molecule has 0 fully saturated rings. The highest BCUT2D eigenvalue weighted by Gasteiger charge is 2.12. The number of para-hydroxylation sites is 1. The molecule has 0 unspecified atom stereocenters. The van der Waals surface area contributed by atoms with E-state index < -0.39 is 11.9 Å². The van der Waals surface area contributed by atoms with Crippen LogP contribution in [0.3, 0.4) is 0 Å². The highest BCUT2D eigenvalue weighted by molar-refractivity contribution is 6.22. The first-order valence-corrected chi connectivity index (χ1v) is 7.00. The molecule has 2 N–H and O–H groups in total. The van der Waals surface area contributed by atoms with Gasteiger partial charge in [0, 0.05) is 17.7 Å². The Balaban J connectivity index is 1.88. The summed E-state index contributed by atoms with van der Waals surface area (Å²) in [6, 6.07) is 18.1. The lowest BCUT2D eigenvalue weighted by Gasteiger charge is -2.06. The van der Waals surface area contributed by atoms with Crippen LogP contribution in [-0.2, 0) is 9.59 Å². The monoisotopic (exact) mass is 306 g/mol. The summed E-state index contributed by atoms with van der Waals surface area (Å²) < 4.78 is 1.36. The summed E-state index contributed by atoms with van der Waals surface area (Å²) in [5.41, 5.74) is 6.79. The van der Waals surface area contributed by atoms with Crippen LogP contribution in [0.15, 0.2) is 72.9 Å². The van der Waals surface area contributed by atoms with Crippen molar-refractivity contribution in [1.82, 2.24) is 4.73 Å². The van der Waals surface area contributed by atoms with Crippen LogP contribution >= 0.6 is 0 Å². The van der Waals surface area contributed by atoms with Gasteiger partial charge in [0.25, 0.3) is 0 Å². The van der Waals surface area contributed by atoms with Crippen LogP contribution in [0.25, 0.3) is 16.5 Å². The van der Waals surface area contributed by atoms with E-state index in [4.69, 9.17) is 10.6 Å². The quantitative estimate of drug-likeness (QED) is 0.751. The van der Waals surface area contributed by atoms with Crippen molar-refractivity contribution in [3.63, 3.8) is 0 Å². The second kappa shape index (κ2) is 6.19. The number of hydrogen-bond acceptors (Lipinski definition) is 3. The normalized spacial score (nSPS) is 11.4. The van der Waals surface area contributed by atoms with Crippen molar-refractivity contribution in [1.29, 1.82) is 0 Å². The Morgan fingerprint density at radius 1 is 0.957 bits per heavy atom. The van der Waals surface area contributed by atoms with Gasteiger partial charge in [-0.05, 0) is 17.7 Å². The van der Waals surface area contributed by atoms with Crippen LogP contribution in [0.4, 0.5) is 0 Å². The SMILES string of the molecule is NC(=O)/C(=C/C(=O)On1ccc2ccccc21)c1ccccc1. The average Bonchev–Trinajstić information content (AvgIpc) is 2.96. The lowest BCUT2D eigenvalue weighted by Crippen LogP contribution is -2.20. The molecule has 0 atom stereocenters. The first-order valence-electron chi connectivity index (χ1n) is 7.00. The largest absolute Gasteiger partial charge is 0.366 e. The fraction of sp³-hybridized carbons (Fsp3) is 0. The maximum Gasteiger partial charge on any atom is 0.357 e. The molecular weight excluding hydrogens is 292 g/mol. The summed E-state index contributed by atoms with van der Waals surface area (Å²) in [6.07, 6.45) is 2.75. The highest BCUT2D eigenvalue weighted by Crippen LogP contribution is 2.15. The van der Waals surface area contributed by atoms with Crippen molar-refractivity contribution in [3.05, 3.63) is 78.5 Å². The maximum atomic E-state index is 12.1. The molecule has 1 amide bonds. The summed E-state index contributed by atoms with van der Waals surface area (Å²) in [4.78, 5) is 29.0. The van der Waals surface area contributed by atoms with Crippen molar-refractivity contribution in [2.75, 3.05) is 0 Å². The van der Waals surface area contributed by atoms with Crippen LogP contribution in [0.2, 0.25) is 0 Å². The minimum atomic E-state index is -0.689. The molecule has 0 spiro atoms. The van der Waals surface area contributed by atoms with Gasteiger partial charge in [-0.2, -0.15) is 4.73 Å². The predicted octanol–water partition coefficient (Wildman–Crippen LogP) is 2.17. The van der Waals surface area contributed by atoms with E-state index in [1.807, 2.05) is 36.4 Å². The smallest absolute Gasteiger partial charge is 0.357 e. The molecule has 3 rings (SSSR count). The zero-order chi connectivity index (χ0) is 16.2. The molecule has 1 heterocycles. The minimum absolute atomic E-state index is 0.104. The third kappa shape index (κ3) is 3.13. The number of carbonyl (C=O) groups is 2. The Morgan fingerprint density at radius 3 is 2.39 bits per heavy atom. The molecule has 5 heteroatoms. The Labute approximate surface area is 132 Å². The van der Waals surface area contributed by atoms with Crippen LogP contribution in [0.5, 0.6) is 0 Å². The van der Waals surface area contributed by atoms with Crippen molar-refractivity contribution in [2.45, 2.75) is 0 Å². The van der Waals surface area contributed by atoms with Gasteiger partial charge in [0.15, 0.2) is 0 Å². The maximum absolute atomic E-state index is 12.1. The number of amides is 1. The van der Waals surface area contributed by atoms with Gasteiger partial charge in [0.2, 0.25) is 5.91 Å². The van der Waals surface area contributed by atoms with E-state index in [2.05, 4.69) is 0 Å². The molecular formula is C18H14N2O3. The van der Waals surface area contributed by atoms with Crippen LogP contribution in [0, 0.1) is 0 Å². The number of nitrogens with zero attached hydrogens (tertiary/aromatic N) is 1. The number of aromatic nitrogens is 1. The van der Waals surface area contributed by atoms with E-state index in [9.17, 15) is 9.59 Å². The van der Waals surface area contributed by atoms with Crippen molar-refractivity contribution in [3.8, 4) is 0 Å². The molecule has 5 nitrogen and oxygen atoms in total. The minimum Gasteiger partial charge on any atom is -0.366 e. The molecule has 1 aromatic heterocycles. The van der Waals surface area contributed by atoms with Gasteiger partial charge in [-0.1, -0.05) is 48.5 Å². The number of benzene rings is 2. The Kier molecular flexibility index (Phi) is 3.93. The fourth-order valence-electron chi connectivity index (χ4n) is 2.29. The van der Waals surface area contributed by atoms with E-state index in [0.29, 0.717) is 5.56 Å². The van der Waals surface area contributed by atoms with E-state index in [0.717, 1.165) is 17.0 Å². The number of fused-ring (bicyclic) bond motifs is 1. The first-order chi connectivity index (χ1) is 11.1. The number of primary amides is 1. The zero-order valence-electron chi connectivity index (χ0n) is 12.2. The van der Waals surface area contributed by atoms with Gasteiger partial charge in [-0.3, -0.25) is 4.79 Å². The molecule has 0 saturated heterocycles. The van der Waals surface area contributed by atoms with Gasteiger partial charge < -0.3 is 10.6 Å². The summed E-state index contributed by atoms with van der Waals surface area (Å²) in [5, 5.41) is 0.947.